The van der Waals surface area contributed by atoms with Gasteiger partial charge in [-0.25, -0.2) is 4.39 Å². The molecule has 2 heteroatoms. The van der Waals surface area contributed by atoms with E-state index in [1.54, 1.807) is 23.5 Å². The summed E-state index contributed by atoms with van der Waals surface area (Å²) in [5.74, 6) is -0.0354. The Hall–Kier alpha value is -1.93. The molecular formula is C22H23FS. The average molecular weight is 338 g/mol. The predicted octanol–water partition coefficient (Wildman–Crippen LogP) is 6.97. The van der Waals surface area contributed by atoms with Crippen molar-refractivity contribution in [3.63, 3.8) is 0 Å². The van der Waals surface area contributed by atoms with Crippen molar-refractivity contribution in [1.29, 1.82) is 0 Å². The van der Waals surface area contributed by atoms with Gasteiger partial charge in [-0.15, -0.1) is 11.3 Å². The summed E-state index contributed by atoms with van der Waals surface area (Å²) in [6, 6.07) is 7.33. The van der Waals surface area contributed by atoms with E-state index in [0.29, 0.717) is 0 Å². The first-order valence-electron chi connectivity index (χ1n) is 8.34. The van der Waals surface area contributed by atoms with E-state index in [4.69, 9.17) is 0 Å². The molecule has 1 atom stereocenters. The molecule has 0 aliphatic heterocycles. The van der Waals surface area contributed by atoms with Crippen LogP contribution in [0.1, 0.15) is 47.3 Å². The third-order valence-electron chi connectivity index (χ3n) is 4.57. The van der Waals surface area contributed by atoms with Crippen LogP contribution < -0.4 is 0 Å². The molecule has 0 nitrogen and oxygen atoms in total. The maximum atomic E-state index is 13.5. The Balaban J connectivity index is 2.09. The fraction of sp³-hybridized carbons (Fsp3) is 0.273. The lowest BCUT2D eigenvalue weighted by Crippen LogP contribution is -2.02. The maximum Gasteiger partial charge on any atom is 0.123 e. The van der Waals surface area contributed by atoms with Crippen LogP contribution in [-0.4, -0.2) is 0 Å². The molecule has 0 bridgehead atoms. The molecule has 1 aromatic carbocycles. The first-order chi connectivity index (χ1) is 11.5. The van der Waals surface area contributed by atoms with Gasteiger partial charge in [0.1, 0.15) is 5.82 Å². The second kappa shape index (κ2) is 6.90. The monoisotopic (exact) mass is 338 g/mol. The van der Waals surface area contributed by atoms with Gasteiger partial charge in [-0.3, -0.25) is 0 Å². The van der Waals surface area contributed by atoms with E-state index in [-0.39, 0.29) is 11.7 Å². The normalized spacial score (nSPS) is 15.3. The molecule has 1 heterocycles. The van der Waals surface area contributed by atoms with Gasteiger partial charge in [0, 0.05) is 10.8 Å². The van der Waals surface area contributed by atoms with Crippen LogP contribution in [0, 0.1) is 19.7 Å². The maximum absolute atomic E-state index is 13.5. The number of rotatable bonds is 5. The minimum atomic E-state index is -0.177. The van der Waals surface area contributed by atoms with Crippen LogP contribution in [0.2, 0.25) is 0 Å². The molecule has 0 amide bonds. The molecule has 1 fully saturated rings. The number of thiophene rings is 1. The van der Waals surface area contributed by atoms with E-state index < -0.39 is 0 Å². The lowest BCUT2D eigenvalue weighted by molar-refractivity contribution is 0.625. The molecule has 0 saturated heterocycles. The number of hydrogen-bond donors (Lipinski definition) is 0. The molecule has 124 valence electrons. The molecule has 1 aliphatic carbocycles. The largest absolute Gasteiger partial charge is 0.207 e. The number of hydrogen-bond acceptors (Lipinski definition) is 1. The summed E-state index contributed by atoms with van der Waals surface area (Å²) in [5.41, 5.74) is 7.48. The highest BCUT2D eigenvalue weighted by molar-refractivity contribution is 7.11. The molecule has 3 rings (SSSR count). The molecule has 1 aromatic heterocycles. The zero-order valence-electron chi connectivity index (χ0n) is 14.5. The minimum Gasteiger partial charge on any atom is -0.207 e. The summed E-state index contributed by atoms with van der Waals surface area (Å²) < 4.78 is 13.5. The Bertz CT molecular complexity index is 829. The van der Waals surface area contributed by atoms with Crippen LogP contribution in [0.4, 0.5) is 4.39 Å². The second-order valence-electron chi connectivity index (χ2n) is 6.58. The number of aryl methyl sites for hydroxylation is 2. The van der Waals surface area contributed by atoms with Crippen LogP contribution in [0.25, 0.3) is 5.57 Å². The fourth-order valence-electron chi connectivity index (χ4n) is 3.15. The topological polar surface area (TPSA) is 0 Å². The van der Waals surface area contributed by atoms with Gasteiger partial charge in [0.15, 0.2) is 0 Å². The van der Waals surface area contributed by atoms with E-state index in [2.05, 4.69) is 37.9 Å². The van der Waals surface area contributed by atoms with Crippen molar-refractivity contribution in [1.82, 2.24) is 0 Å². The first-order valence-corrected chi connectivity index (χ1v) is 9.22. The van der Waals surface area contributed by atoms with Crippen molar-refractivity contribution >= 4 is 16.9 Å². The average Bonchev–Trinajstić information content (AvgIpc) is 3.27. The lowest BCUT2D eigenvalue weighted by Gasteiger charge is -2.19. The van der Waals surface area contributed by atoms with Gasteiger partial charge < -0.3 is 0 Å². The minimum absolute atomic E-state index is 0.142. The van der Waals surface area contributed by atoms with Crippen LogP contribution in [0.3, 0.4) is 0 Å². The zero-order valence-corrected chi connectivity index (χ0v) is 15.3. The van der Waals surface area contributed by atoms with Crippen LogP contribution in [0.15, 0.2) is 59.5 Å². The number of benzene rings is 1. The summed E-state index contributed by atoms with van der Waals surface area (Å²) in [6.45, 7) is 10.3. The molecule has 0 spiro atoms. The van der Waals surface area contributed by atoms with Crippen molar-refractivity contribution in [3.05, 3.63) is 86.9 Å². The van der Waals surface area contributed by atoms with Crippen LogP contribution in [0.5, 0.6) is 0 Å². The molecule has 24 heavy (non-hydrogen) atoms. The number of halogens is 1. The molecule has 1 aliphatic rings. The molecule has 1 saturated carbocycles. The van der Waals surface area contributed by atoms with Crippen molar-refractivity contribution < 1.29 is 4.39 Å². The summed E-state index contributed by atoms with van der Waals surface area (Å²) in [7, 11) is 0. The Kier molecular flexibility index (Phi) is 4.86. The molecule has 0 unspecified atom stereocenters. The molecular weight excluding hydrogens is 315 g/mol. The Labute approximate surface area is 148 Å². The lowest BCUT2D eigenvalue weighted by atomic mass is 9.86. The Morgan fingerprint density at radius 3 is 2.54 bits per heavy atom. The van der Waals surface area contributed by atoms with Gasteiger partial charge in [-0.2, -0.15) is 0 Å². The molecule has 0 radical (unpaired) electrons. The van der Waals surface area contributed by atoms with Crippen molar-refractivity contribution in [2.75, 3.05) is 0 Å². The highest BCUT2D eigenvalue weighted by Crippen LogP contribution is 2.42. The third kappa shape index (κ3) is 3.59. The molecule has 0 N–H and O–H groups in total. The fourth-order valence-corrected chi connectivity index (χ4v) is 4.04. The Morgan fingerprint density at radius 1 is 1.25 bits per heavy atom. The summed E-state index contributed by atoms with van der Waals surface area (Å²) >= 11 is 1.77. The van der Waals surface area contributed by atoms with Gasteiger partial charge in [-0.05, 0) is 85.0 Å². The highest BCUT2D eigenvalue weighted by atomic mass is 32.1. The second-order valence-corrected chi connectivity index (χ2v) is 7.49. The van der Waals surface area contributed by atoms with Crippen molar-refractivity contribution in [2.24, 2.45) is 0 Å². The van der Waals surface area contributed by atoms with Crippen molar-refractivity contribution in [3.8, 4) is 0 Å². The van der Waals surface area contributed by atoms with Gasteiger partial charge >= 0.3 is 0 Å². The quantitative estimate of drug-likeness (QED) is 0.552. The summed E-state index contributed by atoms with van der Waals surface area (Å²) in [4.78, 5) is 1.29. The van der Waals surface area contributed by atoms with Crippen LogP contribution in [-0.2, 0) is 0 Å². The highest BCUT2D eigenvalue weighted by Gasteiger charge is 2.24. The van der Waals surface area contributed by atoms with E-state index >= 15 is 0 Å². The summed E-state index contributed by atoms with van der Waals surface area (Å²) in [5, 5.41) is 2.18. The standard InChI is InChI=1S/C22H23FS/c1-5-19(17-6-7-17)21(20-9-8-18(23)11-15(20)3)12-16(4)22-10-14(2)13-24-22/h5,8-13,21H,1,6-7H2,2-4H3/b16-12+/t21-/m1/s1. The smallest absolute Gasteiger partial charge is 0.123 e. The van der Waals surface area contributed by atoms with Crippen molar-refractivity contribution in [2.45, 2.75) is 39.5 Å². The van der Waals surface area contributed by atoms with Crippen LogP contribution >= 0.6 is 11.3 Å². The van der Waals surface area contributed by atoms with Gasteiger partial charge in [0.05, 0.1) is 0 Å². The first kappa shape index (κ1) is 16.9. The Morgan fingerprint density at radius 2 is 2.00 bits per heavy atom. The number of allylic oxidation sites excluding steroid dienone is 5. The summed E-state index contributed by atoms with van der Waals surface area (Å²) in [6.07, 6.45) is 6.61. The van der Waals surface area contributed by atoms with Gasteiger partial charge in [-0.1, -0.05) is 30.4 Å². The SMILES string of the molecule is C=CC(=C1CC1)[C@@H](/C=C(\C)c1cc(C)cs1)c1ccc(F)cc1C. The van der Waals surface area contributed by atoms with E-state index in [1.165, 1.54) is 32.7 Å². The third-order valence-corrected chi connectivity index (χ3v) is 5.75. The van der Waals surface area contributed by atoms with Gasteiger partial charge in [0.25, 0.3) is 0 Å². The zero-order chi connectivity index (χ0) is 17.3. The van der Waals surface area contributed by atoms with Gasteiger partial charge in [0.2, 0.25) is 0 Å². The van der Waals surface area contributed by atoms with E-state index in [0.717, 1.165) is 18.4 Å². The predicted molar refractivity (Wildman–Crippen MR) is 103 cm³/mol. The molecule has 2 aromatic rings. The van der Waals surface area contributed by atoms with E-state index in [9.17, 15) is 4.39 Å². The van der Waals surface area contributed by atoms with E-state index in [1.807, 2.05) is 19.1 Å².